The maximum absolute atomic E-state index is 11.6. The van der Waals surface area contributed by atoms with Crippen molar-refractivity contribution in [2.45, 2.75) is 0 Å². The molecule has 0 aliphatic heterocycles. The van der Waals surface area contributed by atoms with E-state index in [1.807, 2.05) is 0 Å². The van der Waals surface area contributed by atoms with Crippen molar-refractivity contribution in [3.05, 3.63) is 17.9 Å². The van der Waals surface area contributed by atoms with Crippen molar-refractivity contribution in [3.63, 3.8) is 0 Å². The molecule has 0 saturated heterocycles. The molecule has 0 radical (unpaired) electrons. The Morgan fingerprint density at radius 3 is 2.12 bits per heavy atom. The van der Waals surface area contributed by atoms with E-state index in [9.17, 15) is 8.96 Å². The SMILES string of the molecule is C=C=C(F)P(=O)(O)O. The van der Waals surface area contributed by atoms with Crippen LogP contribution in [-0.4, -0.2) is 9.79 Å². The van der Waals surface area contributed by atoms with Crippen LogP contribution in [0.1, 0.15) is 0 Å². The van der Waals surface area contributed by atoms with Crippen molar-refractivity contribution >= 4 is 7.60 Å². The maximum atomic E-state index is 11.6. The molecule has 0 rings (SSSR count). The quantitative estimate of drug-likeness (QED) is 0.415. The monoisotopic (exact) mass is 138 g/mol. The van der Waals surface area contributed by atoms with Gasteiger partial charge in [-0.3, -0.25) is 4.57 Å². The molecule has 0 aromatic rings. The van der Waals surface area contributed by atoms with Gasteiger partial charge < -0.3 is 9.79 Å². The standard InChI is InChI=1S/C3H4FO3P/c1-2-3(4)8(5,6)7/h1H2,(H2,5,6,7). The van der Waals surface area contributed by atoms with Crippen LogP contribution in [0.4, 0.5) is 4.39 Å². The lowest BCUT2D eigenvalue weighted by Gasteiger charge is -1.93. The predicted octanol–water partition coefficient (Wildman–Crippen LogP) is 0.760. The number of halogens is 1. The second-order valence-electron chi connectivity index (χ2n) is 1.01. The Kier molecular flexibility index (Phi) is 2.13. The zero-order valence-electron chi connectivity index (χ0n) is 3.83. The number of hydrogen-bond acceptors (Lipinski definition) is 1. The van der Waals surface area contributed by atoms with Crippen LogP contribution in [0.3, 0.4) is 0 Å². The lowest BCUT2D eigenvalue weighted by atomic mass is 11.0. The molecule has 0 unspecified atom stereocenters. The van der Waals surface area contributed by atoms with Crippen molar-refractivity contribution in [1.82, 2.24) is 0 Å². The first kappa shape index (κ1) is 7.60. The molecular formula is C3H4FO3P. The van der Waals surface area contributed by atoms with Gasteiger partial charge >= 0.3 is 7.60 Å². The first-order valence-electron chi connectivity index (χ1n) is 1.60. The number of rotatable bonds is 1. The van der Waals surface area contributed by atoms with Crippen LogP contribution in [0.25, 0.3) is 0 Å². The Hall–Kier alpha value is -0.400. The minimum absolute atomic E-state index is 1.44. The minimum atomic E-state index is -4.68. The fraction of sp³-hybridized carbons (Fsp3) is 0. The largest absolute Gasteiger partial charge is 0.392 e. The topological polar surface area (TPSA) is 57.5 Å². The molecular weight excluding hydrogens is 134 g/mol. The fourth-order valence-electron chi connectivity index (χ4n) is 0.103. The highest BCUT2D eigenvalue weighted by molar-refractivity contribution is 7.56. The first-order valence-corrected chi connectivity index (χ1v) is 3.21. The van der Waals surface area contributed by atoms with Crippen LogP contribution in [0, 0.1) is 0 Å². The Balaban J connectivity index is 4.53. The summed E-state index contributed by atoms with van der Waals surface area (Å²) in [5, 5.41) is 0. The first-order chi connectivity index (χ1) is 3.48. The van der Waals surface area contributed by atoms with Crippen LogP contribution in [0.15, 0.2) is 17.9 Å². The third-order valence-corrected chi connectivity index (χ3v) is 1.07. The molecule has 0 saturated carbocycles. The van der Waals surface area contributed by atoms with Crippen molar-refractivity contribution < 1.29 is 18.7 Å². The summed E-state index contributed by atoms with van der Waals surface area (Å²) < 4.78 is 21.4. The summed E-state index contributed by atoms with van der Waals surface area (Å²) in [4.78, 5) is 15.8. The van der Waals surface area contributed by atoms with E-state index >= 15 is 0 Å². The summed E-state index contributed by atoms with van der Waals surface area (Å²) in [7, 11) is -4.68. The Bertz CT molecular complexity index is 172. The lowest BCUT2D eigenvalue weighted by molar-refractivity contribution is 0.368. The third-order valence-electron chi connectivity index (χ3n) is 0.402. The lowest BCUT2D eigenvalue weighted by Crippen LogP contribution is -1.73. The second kappa shape index (κ2) is 2.25. The maximum Gasteiger partial charge on any atom is 0.392 e. The van der Waals surface area contributed by atoms with E-state index in [4.69, 9.17) is 9.79 Å². The summed E-state index contributed by atoms with van der Waals surface area (Å²) in [5.41, 5.74) is -0.172. The zero-order valence-corrected chi connectivity index (χ0v) is 4.73. The summed E-state index contributed by atoms with van der Waals surface area (Å²) in [6.07, 6.45) is 0. The normalized spacial score (nSPS) is 10.4. The van der Waals surface area contributed by atoms with Gasteiger partial charge in [-0.2, -0.15) is 4.39 Å². The van der Waals surface area contributed by atoms with Gasteiger partial charge in [-0.1, -0.05) is 12.3 Å². The summed E-state index contributed by atoms with van der Waals surface area (Å²) >= 11 is 0. The molecule has 0 bridgehead atoms. The van der Waals surface area contributed by atoms with Crippen molar-refractivity contribution in [2.75, 3.05) is 0 Å². The van der Waals surface area contributed by atoms with Gasteiger partial charge in [0.2, 0.25) is 0 Å². The van der Waals surface area contributed by atoms with Crippen LogP contribution < -0.4 is 0 Å². The van der Waals surface area contributed by atoms with Crippen molar-refractivity contribution in [3.8, 4) is 0 Å². The highest BCUT2D eigenvalue weighted by Crippen LogP contribution is 2.44. The third kappa shape index (κ3) is 2.05. The molecule has 3 nitrogen and oxygen atoms in total. The van der Waals surface area contributed by atoms with Gasteiger partial charge in [0.25, 0.3) is 5.57 Å². The average molecular weight is 138 g/mol. The minimum Gasteiger partial charge on any atom is -0.319 e. The van der Waals surface area contributed by atoms with E-state index in [2.05, 4.69) is 6.58 Å². The fourth-order valence-corrected chi connectivity index (χ4v) is 0.309. The predicted molar refractivity (Wildman–Crippen MR) is 25.8 cm³/mol. The van der Waals surface area contributed by atoms with Crippen LogP contribution in [-0.2, 0) is 4.57 Å². The van der Waals surface area contributed by atoms with Gasteiger partial charge in [-0.15, -0.1) is 0 Å². The zero-order chi connectivity index (χ0) is 6.78. The van der Waals surface area contributed by atoms with E-state index in [0.29, 0.717) is 0 Å². The van der Waals surface area contributed by atoms with Gasteiger partial charge in [0, 0.05) is 0 Å². The average Bonchev–Trinajstić information content (AvgIpc) is 1.62. The Morgan fingerprint density at radius 1 is 1.75 bits per heavy atom. The van der Waals surface area contributed by atoms with E-state index in [-0.39, 0.29) is 0 Å². The summed E-state index contributed by atoms with van der Waals surface area (Å²) in [6.45, 7) is 2.70. The molecule has 0 spiro atoms. The van der Waals surface area contributed by atoms with Gasteiger partial charge in [-0.25, -0.2) is 0 Å². The molecule has 0 aromatic heterocycles. The molecule has 0 fully saturated rings. The van der Waals surface area contributed by atoms with E-state index in [1.165, 1.54) is 5.73 Å². The molecule has 46 valence electrons. The Labute approximate surface area is 45.3 Å². The van der Waals surface area contributed by atoms with E-state index < -0.39 is 13.2 Å². The second-order valence-corrected chi connectivity index (χ2v) is 2.49. The molecule has 0 amide bonds. The highest BCUT2D eigenvalue weighted by Gasteiger charge is 2.19. The van der Waals surface area contributed by atoms with Gasteiger partial charge in [0.05, 0.1) is 0 Å². The highest BCUT2D eigenvalue weighted by atomic mass is 31.2. The van der Waals surface area contributed by atoms with Crippen molar-refractivity contribution in [2.24, 2.45) is 0 Å². The summed E-state index contributed by atoms with van der Waals surface area (Å²) in [6, 6.07) is 0. The van der Waals surface area contributed by atoms with Crippen LogP contribution in [0.5, 0.6) is 0 Å². The number of hydrogen-bond donors (Lipinski definition) is 2. The van der Waals surface area contributed by atoms with Gasteiger partial charge in [0.1, 0.15) is 0 Å². The smallest absolute Gasteiger partial charge is 0.319 e. The molecule has 2 N–H and O–H groups in total. The molecule has 0 aliphatic carbocycles. The van der Waals surface area contributed by atoms with E-state index in [0.717, 1.165) is 0 Å². The Morgan fingerprint density at radius 2 is 2.12 bits per heavy atom. The van der Waals surface area contributed by atoms with Gasteiger partial charge in [-0.05, 0) is 0 Å². The van der Waals surface area contributed by atoms with E-state index in [1.54, 1.807) is 0 Å². The molecule has 8 heavy (non-hydrogen) atoms. The molecule has 0 heterocycles. The molecule has 0 aromatic carbocycles. The van der Waals surface area contributed by atoms with Crippen LogP contribution in [0.2, 0.25) is 0 Å². The summed E-state index contributed by atoms with van der Waals surface area (Å²) in [5.74, 6) is 0. The molecule has 0 atom stereocenters. The van der Waals surface area contributed by atoms with Crippen molar-refractivity contribution in [1.29, 1.82) is 0 Å². The van der Waals surface area contributed by atoms with Crippen LogP contribution >= 0.6 is 7.60 Å². The molecule has 5 heteroatoms. The van der Waals surface area contributed by atoms with Gasteiger partial charge in [0.15, 0.2) is 0 Å². The molecule has 0 aliphatic rings.